The minimum absolute atomic E-state index is 0.0853. The van der Waals surface area contributed by atoms with E-state index in [1.807, 2.05) is 23.6 Å². The Morgan fingerprint density at radius 3 is 2.54 bits per heavy atom. The average molecular weight is 372 g/mol. The molecule has 6 heteroatoms. The van der Waals surface area contributed by atoms with Gasteiger partial charge in [0.1, 0.15) is 0 Å². The van der Waals surface area contributed by atoms with E-state index in [4.69, 9.17) is 0 Å². The van der Waals surface area contributed by atoms with E-state index in [0.717, 1.165) is 24.5 Å². The van der Waals surface area contributed by atoms with E-state index < -0.39 is 0 Å². The summed E-state index contributed by atoms with van der Waals surface area (Å²) in [5.74, 6) is -0.220. The third kappa shape index (κ3) is 5.08. The summed E-state index contributed by atoms with van der Waals surface area (Å²) >= 11 is 1.48. The largest absolute Gasteiger partial charge is 0.370 e. The van der Waals surface area contributed by atoms with Crippen LogP contribution in [0.25, 0.3) is 0 Å². The molecule has 2 N–H and O–H groups in total. The quantitative estimate of drug-likeness (QED) is 0.810. The number of hydrogen-bond donors (Lipinski definition) is 2. The van der Waals surface area contributed by atoms with E-state index in [9.17, 15) is 9.59 Å². The Labute approximate surface area is 158 Å². The molecule has 0 saturated carbocycles. The molecule has 2 amide bonds. The van der Waals surface area contributed by atoms with Crippen molar-refractivity contribution in [2.45, 2.75) is 32.1 Å². The predicted octanol–water partition coefficient (Wildman–Crippen LogP) is 3.89. The highest BCUT2D eigenvalue weighted by Crippen LogP contribution is 2.28. The fourth-order valence-electron chi connectivity index (χ4n) is 3.16. The number of para-hydroxylation sites is 2. The molecule has 1 aromatic heterocycles. The van der Waals surface area contributed by atoms with Gasteiger partial charge in [0.2, 0.25) is 5.91 Å². The number of anilines is 2. The SMILES string of the molecule is O=C(CCNC(=O)c1ccsc1)Nc1ccccc1N1CCCCCC1. The van der Waals surface area contributed by atoms with Gasteiger partial charge in [0.15, 0.2) is 0 Å². The van der Waals surface area contributed by atoms with Gasteiger partial charge in [0.25, 0.3) is 5.91 Å². The molecule has 1 aliphatic heterocycles. The summed E-state index contributed by atoms with van der Waals surface area (Å²) < 4.78 is 0. The van der Waals surface area contributed by atoms with E-state index in [1.165, 1.54) is 37.0 Å². The number of amides is 2. The lowest BCUT2D eigenvalue weighted by atomic mass is 10.2. The number of carbonyl (C=O) groups is 2. The van der Waals surface area contributed by atoms with Gasteiger partial charge in [0, 0.05) is 37.0 Å². The summed E-state index contributed by atoms with van der Waals surface area (Å²) in [6, 6.07) is 9.74. The molecule has 2 heterocycles. The van der Waals surface area contributed by atoms with Crippen LogP contribution in [0.5, 0.6) is 0 Å². The van der Waals surface area contributed by atoms with Gasteiger partial charge in [-0.25, -0.2) is 0 Å². The smallest absolute Gasteiger partial charge is 0.252 e. The van der Waals surface area contributed by atoms with Crippen LogP contribution in [-0.2, 0) is 4.79 Å². The fourth-order valence-corrected chi connectivity index (χ4v) is 3.80. The molecule has 1 fully saturated rings. The van der Waals surface area contributed by atoms with Gasteiger partial charge < -0.3 is 15.5 Å². The van der Waals surface area contributed by atoms with Crippen molar-refractivity contribution in [3.63, 3.8) is 0 Å². The average Bonchev–Trinajstić information content (AvgIpc) is 3.05. The molecule has 1 saturated heterocycles. The maximum absolute atomic E-state index is 12.3. The molecule has 0 radical (unpaired) electrons. The summed E-state index contributed by atoms with van der Waals surface area (Å²) in [6.07, 6.45) is 5.18. The van der Waals surface area contributed by atoms with Crippen LogP contribution in [0.2, 0.25) is 0 Å². The van der Waals surface area contributed by atoms with Crippen LogP contribution in [0.4, 0.5) is 11.4 Å². The number of carbonyl (C=O) groups excluding carboxylic acids is 2. The van der Waals surface area contributed by atoms with Crippen LogP contribution in [0.1, 0.15) is 42.5 Å². The second kappa shape index (κ2) is 9.38. The molecule has 5 nitrogen and oxygen atoms in total. The van der Waals surface area contributed by atoms with E-state index in [0.29, 0.717) is 12.1 Å². The Bertz CT molecular complexity index is 722. The number of nitrogens with zero attached hydrogens (tertiary/aromatic N) is 1. The van der Waals surface area contributed by atoms with Crippen LogP contribution in [0.3, 0.4) is 0 Å². The zero-order valence-corrected chi connectivity index (χ0v) is 15.7. The maximum Gasteiger partial charge on any atom is 0.252 e. The minimum Gasteiger partial charge on any atom is -0.370 e. The summed E-state index contributed by atoms with van der Waals surface area (Å²) in [5, 5.41) is 9.45. The second-order valence-corrected chi connectivity index (χ2v) is 7.26. The molecule has 1 aliphatic rings. The molecule has 0 unspecified atom stereocenters. The zero-order chi connectivity index (χ0) is 18.2. The van der Waals surface area contributed by atoms with Crippen LogP contribution < -0.4 is 15.5 Å². The monoisotopic (exact) mass is 371 g/mol. The van der Waals surface area contributed by atoms with Crippen LogP contribution in [0.15, 0.2) is 41.1 Å². The van der Waals surface area contributed by atoms with E-state index >= 15 is 0 Å². The van der Waals surface area contributed by atoms with Crippen molar-refractivity contribution < 1.29 is 9.59 Å². The lowest BCUT2D eigenvalue weighted by molar-refractivity contribution is -0.116. The lowest BCUT2D eigenvalue weighted by Gasteiger charge is -2.25. The Kier molecular flexibility index (Phi) is 6.66. The number of hydrogen-bond acceptors (Lipinski definition) is 4. The Morgan fingerprint density at radius 2 is 1.81 bits per heavy atom. The molecule has 0 bridgehead atoms. The first-order chi connectivity index (χ1) is 12.7. The summed E-state index contributed by atoms with van der Waals surface area (Å²) in [6.45, 7) is 2.39. The van der Waals surface area contributed by atoms with Crippen molar-refractivity contribution in [1.29, 1.82) is 0 Å². The third-order valence-corrected chi connectivity index (χ3v) is 5.23. The van der Waals surface area contributed by atoms with Crippen LogP contribution in [-0.4, -0.2) is 31.4 Å². The summed E-state index contributed by atoms with van der Waals surface area (Å²) in [4.78, 5) is 26.6. The first kappa shape index (κ1) is 18.5. The zero-order valence-electron chi connectivity index (χ0n) is 14.9. The van der Waals surface area contributed by atoms with Gasteiger partial charge in [-0.2, -0.15) is 11.3 Å². The molecule has 0 atom stereocenters. The molecule has 1 aromatic carbocycles. The van der Waals surface area contributed by atoms with E-state index in [2.05, 4.69) is 21.6 Å². The van der Waals surface area contributed by atoms with Gasteiger partial charge in [0.05, 0.1) is 11.4 Å². The number of rotatable bonds is 6. The Hall–Kier alpha value is -2.34. The van der Waals surface area contributed by atoms with Crippen LogP contribution >= 0.6 is 11.3 Å². The molecule has 2 aromatic rings. The minimum atomic E-state index is -0.135. The first-order valence-electron chi connectivity index (χ1n) is 9.18. The van der Waals surface area contributed by atoms with Crippen molar-refractivity contribution in [3.05, 3.63) is 46.7 Å². The molecule has 138 valence electrons. The van der Waals surface area contributed by atoms with Gasteiger partial charge in [-0.05, 0) is 36.4 Å². The second-order valence-electron chi connectivity index (χ2n) is 6.48. The van der Waals surface area contributed by atoms with Gasteiger partial charge >= 0.3 is 0 Å². The van der Waals surface area contributed by atoms with Gasteiger partial charge in [-0.15, -0.1) is 0 Å². The molecule has 26 heavy (non-hydrogen) atoms. The lowest BCUT2D eigenvalue weighted by Crippen LogP contribution is -2.28. The molecule has 3 rings (SSSR count). The highest BCUT2D eigenvalue weighted by atomic mass is 32.1. The van der Waals surface area contributed by atoms with Gasteiger partial charge in [-0.1, -0.05) is 25.0 Å². The standard InChI is InChI=1S/C20H25N3O2S/c24-19(9-11-21-20(25)16-10-14-26-15-16)22-17-7-3-4-8-18(17)23-12-5-1-2-6-13-23/h3-4,7-8,10,14-15H,1-2,5-6,9,11-13H2,(H,21,25)(H,22,24). The molecule has 0 aliphatic carbocycles. The number of nitrogens with one attached hydrogen (secondary N) is 2. The van der Waals surface area contributed by atoms with Crippen molar-refractivity contribution in [2.75, 3.05) is 29.9 Å². The van der Waals surface area contributed by atoms with Crippen molar-refractivity contribution in [3.8, 4) is 0 Å². The van der Waals surface area contributed by atoms with Crippen molar-refractivity contribution >= 4 is 34.5 Å². The van der Waals surface area contributed by atoms with Crippen molar-refractivity contribution in [2.24, 2.45) is 0 Å². The predicted molar refractivity (Wildman–Crippen MR) is 107 cm³/mol. The summed E-state index contributed by atoms with van der Waals surface area (Å²) in [5.41, 5.74) is 2.58. The Balaban J connectivity index is 1.53. The molecule has 0 spiro atoms. The summed E-state index contributed by atoms with van der Waals surface area (Å²) in [7, 11) is 0. The van der Waals surface area contributed by atoms with E-state index in [1.54, 1.807) is 11.4 Å². The van der Waals surface area contributed by atoms with Gasteiger partial charge in [-0.3, -0.25) is 9.59 Å². The fraction of sp³-hybridized carbons (Fsp3) is 0.400. The molecular weight excluding hydrogens is 346 g/mol. The van der Waals surface area contributed by atoms with Crippen LogP contribution in [0, 0.1) is 0 Å². The highest BCUT2D eigenvalue weighted by molar-refractivity contribution is 7.08. The van der Waals surface area contributed by atoms with Crippen molar-refractivity contribution in [1.82, 2.24) is 5.32 Å². The highest BCUT2D eigenvalue weighted by Gasteiger charge is 2.15. The topological polar surface area (TPSA) is 61.4 Å². The molecular formula is C20H25N3O2S. The van der Waals surface area contributed by atoms with E-state index in [-0.39, 0.29) is 18.2 Å². The normalized spacial score (nSPS) is 14.5. The number of benzene rings is 1. The third-order valence-electron chi connectivity index (χ3n) is 4.55. The number of thiophene rings is 1. The first-order valence-corrected chi connectivity index (χ1v) is 10.1. The Morgan fingerprint density at radius 1 is 1.04 bits per heavy atom. The maximum atomic E-state index is 12.3.